The fourth-order valence-electron chi connectivity index (χ4n) is 2.28. The average Bonchev–Trinajstić information content (AvgIpc) is 2.39. The summed E-state index contributed by atoms with van der Waals surface area (Å²) in [4.78, 5) is 0. The Morgan fingerprint density at radius 2 is 1.89 bits per heavy atom. The van der Waals surface area contributed by atoms with Crippen LogP contribution in [0.25, 0.3) is 0 Å². The highest BCUT2D eigenvalue weighted by molar-refractivity contribution is 5.38. The van der Waals surface area contributed by atoms with Crippen molar-refractivity contribution < 1.29 is 9.13 Å². The molecular formula is C16H18FNO. The maximum Gasteiger partial charge on any atom is 0.123 e. The van der Waals surface area contributed by atoms with Crippen LogP contribution in [-0.2, 0) is 0 Å². The third kappa shape index (κ3) is 3.12. The van der Waals surface area contributed by atoms with E-state index in [-0.39, 0.29) is 11.9 Å². The van der Waals surface area contributed by atoms with Gasteiger partial charge in [-0.15, -0.1) is 0 Å². The number of halogens is 1. The molecule has 0 radical (unpaired) electrons. The van der Waals surface area contributed by atoms with E-state index in [1.165, 1.54) is 6.07 Å². The van der Waals surface area contributed by atoms with Crippen LogP contribution in [0, 0.1) is 12.7 Å². The summed E-state index contributed by atoms with van der Waals surface area (Å²) in [5, 5.41) is 3.22. The molecule has 0 bridgehead atoms. The van der Waals surface area contributed by atoms with Crippen LogP contribution in [0.3, 0.4) is 0 Å². The molecule has 0 aromatic heterocycles. The molecule has 0 heterocycles. The molecular weight excluding hydrogens is 241 g/mol. The second-order valence-electron chi connectivity index (χ2n) is 4.56. The first kappa shape index (κ1) is 13.6. The number of benzene rings is 2. The Kier molecular flexibility index (Phi) is 4.17. The van der Waals surface area contributed by atoms with Crippen LogP contribution in [0.5, 0.6) is 5.75 Å². The van der Waals surface area contributed by atoms with E-state index in [9.17, 15) is 4.39 Å². The van der Waals surface area contributed by atoms with Crippen molar-refractivity contribution in [2.24, 2.45) is 0 Å². The molecule has 2 rings (SSSR count). The lowest BCUT2D eigenvalue weighted by atomic mass is 9.97. The summed E-state index contributed by atoms with van der Waals surface area (Å²) >= 11 is 0. The van der Waals surface area contributed by atoms with Gasteiger partial charge in [0, 0.05) is 0 Å². The van der Waals surface area contributed by atoms with Crippen LogP contribution in [-0.4, -0.2) is 14.2 Å². The van der Waals surface area contributed by atoms with Crippen LogP contribution < -0.4 is 10.1 Å². The summed E-state index contributed by atoms with van der Waals surface area (Å²) in [7, 11) is 3.50. The molecule has 2 aromatic carbocycles. The fraction of sp³-hybridized carbons (Fsp3) is 0.250. The van der Waals surface area contributed by atoms with Crippen molar-refractivity contribution in [3.8, 4) is 5.75 Å². The van der Waals surface area contributed by atoms with E-state index >= 15 is 0 Å². The Morgan fingerprint density at radius 1 is 1.11 bits per heavy atom. The topological polar surface area (TPSA) is 21.3 Å². The van der Waals surface area contributed by atoms with Crippen LogP contribution in [0.4, 0.5) is 4.39 Å². The Morgan fingerprint density at radius 3 is 2.53 bits per heavy atom. The molecule has 0 amide bonds. The van der Waals surface area contributed by atoms with E-state index < -0.39 is 0 Å². The number of ether oxygens (including phenoxy) is 1. The lowest BCUT2D eigenvalue weighted by Gasteiger charge is -2.18. The molecule has 1 N–H and O–H groups in total. The summed E-state index contributed by atoms with van der Waals surface area (Å²) in [6, 6.07) is 12.8. The molecule has 100 valence electrons. The van der Waals surface area contributed by atoms with Gasteiger partial charge >= 0.3 is 0 Å². The van der Waals surface area contributed by atoms with Crippen LogP contribution >= 0.6 is 0 Å². The van der Waals surface area contributed by atoms with Crippen molar-refractivity contribution in [2.75, 3.05) is 14.2 Å². The predicted octanol–water partition coefficient (Wildman–Crippen LogP) is 3.45. The standard InChI is InChI=1S/C16H18FNO/c1-11-7-13(9-14(17)8-11)16(18-2)12-5-4-6-15(10-12)19-3/h4-10,16,18H,1-3H3. The fourth-order valence-corrected chi connectivity index (χ4v) is 2.28. The van der Waals surface area contributed by atoms with Gasteiger partial charge in [0.15, 0.2) is 0 Å². The number of hydrogen-bond donors (Lipinski definition) is 1. The Balaban J connectivity index is 2.43. The molecule has 0 fully saturated rings. The summed E-state index contributed by atoms with van der Waals surface area (Å²) in [6.45, 7) is 1.89. The van der Waals surface area contributed by atoms with Gasteiger partial charge in [0.2, 0.25) is 0 Å². The minimum Gasteiger partial charge on any atom is -0.497 e. The second-order valence-corrected chi connectivity index (χ2v) is 4.56. The first-order valence-corrected chi connectivity index (χ1v) is 6.22. The first-order valence-electron chi connectivity index (χ1n) is 6.22. The van der Waals surface area contributed by atoms with Gasteiger partial charge in [-0.25, -0.2) is 4.39 Å². The van der Waals surface area contributed by atoms with E-state index in [1.54, 1.807) is 13.2 Å². The Labute approximate surface area is 113 Å². The van der Waals surface area contributed by atoms with Crippen LogP contribution in [0.2, 0.25) is 0 Å². The van der Waals surface area contributed by atoms with Crippen molar-refractivity contribution in [3.63, 3.8) is 0 Å². The first-order chi connectivity index (χ1) is 9.13. The maximum atomic E-state index is 13.5. The third-order valence-electron chi connectivity index (χ3n) is 3.11. The molecule has 0 spiro atoms. The third-order valence-corrected chi connectivity index (χ3v) is 3.11. The van der Waals surface area contributed by atoms with Crippen molar-refractivity contribution in [1.29, 1.82) is 0 Å². The van der Waals surface area contributed by atoms with Crippen molar-refractivity contribution in [2.45, 2.75) is 13.0 Å². The molecule has 2 nitrogen and oxygen atoms in total. The number of methoxy groups -OCH3 is 1. The van der Waals surface area contributed by atoms with E-state index in [0.717, 1.165) is 22.4 Å². The van der Waals surface area contributed by atoms with Crippen molar-refractivity contribution >= 4 is 0 Å². The van der Waals surface area contributed by atoms with Gasteiger partial charge in [0.25, 0.3) is 0 Å². The molecule has 19 heavy (non-hydrogen) atoms. The Bertz CT molecular complexity index is 548. The van der Waals surface area contributed by atoms with Crippen LogP contribution in [0.15, 0.2) is 42.5 Å². The Hall–Kier alpha value is -1.87. The molecule has 0 aliphatic carbocycles. The van der Waals surface area contributed by atoms with E-state index in [4.69, 9.17) is 4.74 Å². The molecule has 1 atom stereocenters. The monoisotopic (exact) mass is 259 g/mol. The predicted molar refractivity (Wildman–Crippen MR) is 75.0 cm³/mol. The normalized spacial score (nSPS) is 12.2. The lowest BCUT2D eigenvalue weighted by molar-refractivity contribution is 0.414. The van der Waals surface area contributed by atoms with E-state index in [1.807, 2.05) is 44.3 Å². The minimum absolute atomic E-state index is 0.0514. The highest BCUT2D eigenvalue weighted by Crippen LogP contribution is 2.26. The molecule has 0 saturated heterocycles. The number of hydrogen-bond acceptors (Lipinski definition) is 2. The number of nitrogens with one attached hydrogen (secondary N) is 1. The second kappa shape index (κ2) is 5.85. The van der Waals surface area contributed by atoms with Gasteiger partial charge in [-0.05, 0) is 54.9 Å². The largest absolute Gasteiger partial charge is 0.497 e. The molecule has 0 aliphatic heterocycles. The van der Waals surface area contributed by atoms with Gasteiger partial charge in [0.05, 0.1) is 13.2 Å². The zero-order chi connectivity index (χ0) is 13.8. The quantitative estimate of drug-likeness (QED) is 0.908. The minimum atomic E-state index is -0.210. The maximum absolute atomic E-state index is 13.5. The molecule has 3 heteroatoms. The van der Waals surface area contributed by atoms with Gasteiger partial charge < -0.3 is 10.1 Å². The van der Waals surface area contributed by atoms with Gasteiger partial charge in [0.1, 0.15) is 11.6 Å². The van der Waals surface area contributed by atoms with Gasteiger partial charge in [-0.1, -0.05) is 18.2 Å². The zero-order valence-corrected chi connectivity index (χ0v) is 11.4. The summed E-state index contributed by atoms with van der Waals surface area (Å²) in [5.41, 5.74) is 2.87. The van der Waals surface area contributed by atoms with Crippen LogP contribution in [0.1, 0.15) is 22.7 Å². The van der Waals surface area contributed by atoms with E-state index in [2.05, 4.69) is 5.32 Å². The van der Waals surface area contributed by atoms with E-state index in [0.29, 0.717) is 0 Å². The highest BCUT2D eigenvalue weighted by Gasteiger charge is 2.13. The molecule has 0 aliphatic rings. The number of aryl methyl sites for hydroxylation is 1. The van der Waals surface area contributed by atoms with Crippen molar-refractivity contribution in [1.82, 2.24) is 5.32 Å². The SMILES string of the molecule is CNC(c1cc(C)cc(F)c1)c1cccc(OC)c1. The summed E-state index contributed by atoms with van der Waals surface area (Å²) in [6.07, 6.45) is 0. The average molecular weight is 259 g/mol. The summed E-state index contributed by atoms with van der Waals surface area (Å²) < 4.78 is 18.8. The lowest BCUT2D eigenvalue weighted by Crippen LogP contribution is -2.18. The highest BCUT2D eigenvalue weighted by atomic mass is 19.1. The zero-order valence-electron chi connectivity index (χ0n) is 11.4. The van der Waals surface area contributed by atoms with Crippen molar-refractivity contribution in [3.05, 3.63) is 65.0 Å². The number of rotatable bonds is 4. The molecule has 0 saturated carbocycles. The van der Waals surface area contributed by atoms with Gasteiger partial charge in [-0.3, -0.25) is 0 Å². The molecule has 2 aromatic rings. The van der Waals surface area contributed by atoms with Gasteiger partial charge in [-0.2, -0.15) is 0 Å². The molecule has 1 unspecified atom stereocenters. The smallest absolute Gasteiger partial charge is 0.123 e. The summed E-state index contributed by atoms with van der Waals surface area (Å²) in [5.74, 6) is 0.587.